The Morgan fingerprint density at radius 3 is 2.53 bits per heavy atom. The van der Waals surface area contributed by atoms with Crippen LogP contribution in [-0.2, 0) is 9.59 Å². The van der Waals surface area contributed by atoms with Gasteiger partial charge in [-0.05, 0) is 6.42 Å². The van der Waals surface area contributed by atoms with E-state index in [0.717, 1.165) is 52.0 Å². The number of hydrogen-bond donors (Lipinski definition) is 1. The Balaban J connectivity index is 2.08. The van der Waals surface area contributed by atoms with Crippen LogP contribution in [0.3, 0.4) is 0 Å². The molecule has 5 heteroatoms. The first kappa shape index (κ1) is 14.0. The maximum Gasteiger partial charge on any atom is 0.234 e. The summed E-state index contributed by atoms with van der Waals surface area (Å²) in [6.45, 7) is 6.43. The average molecular weight is 241 g/mol. The summed E-state index contributed by atoms with van der Waals surface area (Å²) in [6, 6.07) is 0. The fourth-order valence-corrected chi connectivity index (χ4v) is 1.89. The number of amides is 2. The second kappa shape index (κ2) is 8.06. The molecule has 0 unspecified atom stereocenters. The van der Waals surface area contributed by atoms with Crippen LogP contribution < -0.4 is 5.32 Å². The fraction of sp³-hybridized carbons (Fsp3) is 0.833. The highest BCUT2D eigenvalue weighted by atomic mass is 16.2. The van der Waals surface area contributed by atoms with E-state index in [1.807, 2.05) is 0 Å². The van der Waals surface area contributed by atoms with Crippen molar-refractivity contribution in [2.24, 2.45) is 0 Å². The molecule has 1 saturated heterocycles. The molecule has 1 rings (SSSR count). The van der Waals surface area contributed by atoms with Crippen LogP contribution in [0, 0.1) is 0 Å². The van der Waals surface area contributed by atoms with Crippen LogP contribution in [0.1, 0.15) is 26.2 Å². The molecule has 1 heterocycles. The monoisotopic (exact) mass is 241 g/mol. The van der Waals surface area contributed by atoms with Gasteiger partial charge >= 0.3 is 0 Å². The minimum atomic E-state index is 0.0978. The number of unbranched alkanes of at least 4 members (excludes halogenated alkanes) is 2. The topological polar surface area (TPSA) is 52.7 Å². The van der Waals surface area contributed by atoms with Gasteiger partial charge in [0.15, 0.2) is 0 Å². The number of carbonyl (C=O) groups is 2. The van der Waals surface area contributed by atoms with Gasteiger partial charge in [0.05, 0.1) is 6.54 Å². The van der Waals surface area contributed by atoms with E-state index < -0.39 is 0 Å². The van der Waals surface area contributed by atoms with Gasteiger partial charge in [-0.3, -0.25) is 14.5 Å². The molecule has 1 fully saturated rings. The zero-order chi connectivity index (χ0) is 12.5. The molecule has 0 radical (unpaired) electrons. The Hall–Kier alpha value is -1.10. The summed E-state index contributed by atoms with van der Waals surface area (Å²) in [5.74, 6) is 0.0978. The van der Waals surface area contributed by atoms with Gasteiger partial charge in [-0.15, -0.1) is 0 Å². The first-order valence-corrected chi connectivity index (χ1v) is 6.44. The molecule has 2 amide bonds. The predicted octanol–water partition coefficient (Wildman–Crippen LogP) is 0.0668. The molecule has 98 valence electrons. The van der Waals surface area contributed by atoms with Crippen molar-refractivity contribution in [3.63, 3.8) is 0 Å². The van der Waals surface area contributed by atoms with Crippen molar-refractivity contribution in [2.75, 3.05) is 39.3 Å². The quantitative estimate of drug-likeness (QED) is 0.507. The summed E-state index contributed by atoms with van der Waals surface area (Å²) in [6.07, 6.45) is 4.27. The summed E-state index contributed by atoms with van der Waals surface area (Å²) < 4.78 is 0. The van der Waals surface area contributed by atoms with Crippen LogP contribution in [0.5, 0.6) is 0 Å². The van der Waals surface area contributed by atoms with Gasteiger partial charge in [0, 0.05) is 32.7 Å². The molecule has 0 aliphatic carbocycles. The summed E-state index contributed by atoms with van der Waals surface area (Å²) in [5, 5.41) is 2.93. The van der Waals surface area contributed by atoms with Crippen LogP contribution in [0.25, 0.3) is 0 Å². The number of hydrogen-bond acceptors (Lipinski definition) is 3. The molecule has 0 aromatic rings. The number of nitrogens with zero attached hydrogens (tertiary/aromatic N) is 2. The van der Waals surface area contributed by atoms with E-state index in [2.05, 4.69) is 17.1 Å². The second-order valence-electron chi connectivity index (χ2n) is 4.47. The first-order chi connectivity index (χ1) is 8.26. The standard InChI is InChI=1S/C12H23N3O2/c1-2-3-4-5-13-12(17)10-14-6-8-15(11-16)9-7-14/h11H,2-10H2,1H3,(H,13,17). The summed E-state index contributed by atoms with van der Waals surface area (Å²) in [4.78, 5) is 25.9. The lowest BCUT2D eigenvalue weighted by atomic mass is 10.2. The van der Waals surface area contributed by atoms with E-state index in [-0.39, 0.29) is 5.91 Å². The maximum atomic E-state index is 11.6. The van der Waals surface area contributed by atoms with Gasteiger partial charge < -0.3 is 10.2 Å². The number of piperazine rings is 1. The van der Waals surface area contributed by atoms with Crippen LogP contribution in [0.4, 0.5) is 0 Å². The minimum Gasteiger partial charge on any atom is -0.355 e. The van der Waals surface area contributed by atoms with Crippen molar-refractivity contribution < 1.29 is 9.59 Å². The molecular formula is C12H23N3O2. The van der Waals surface area contributed by atoms with Crippen LogP contribution >= 0.6 is 0 Å². The Labute approximate surface area is 103 Å². The van der Waals surface area contributed by atoms with Crippen molar-refractivity contribution in [2.45, 2.75) is 26.2 Å². The van der Waals surface area contributed by atoms with Crippen LogP contribution in [0.2, 0.25) is 0 Å². The fourth-order valence-electron chi connectivity index (χ4n) is 1.89. The van der Waals surface area contributed by atoms with Crippen molar-refractivity contribution in [3.05, 3.63) is 0 Å². The number of nitrogens with one attached hydrogen (secondary N) is 1. The van der Waals surface area contributed by atoms with Crippen molar-refractivity contribution in [1.29, 1.82) is 0 Å². The minimum absolute atomic E-state index is 0.0978. The van der Waals surface area contributed by atoms with Crippen molar-refractivity contribution >= 4 is 12.3 Å². The Morgan fingerprint density at radius 1 is 1.24 bits per heavy atom. The lowest BCUT2D eigenvalue weighted by molar-refractivity contribution is -0.123. The normalized spacial score (nSPS) is 16.9. The molecule has 0 aromatic carbocycles. The summed E-state index contributed by atoms with van der Waals surface area (Å²) in [5.41, 5.74) is 0. The smallest absolute Gasteiger partial charge is 0.234 e. The largest absolute Gasteiger partial charge is 0.355 e. The average Bonchev–Trinajstić information content (AvgIpc) is 2.36. The first-order valence-electron chi connectivity index (χ1n) is 6.44. The summed E-state index contributed by atoms with van der Waals surface area (Å²) >= 11 is 0. The van der Waals surface area contributed by atoms with E-state index in [1.54, 1.807) is 4.90 Å². The zero-order valence-electron chi connectivity index (χ0n) is 10.7. The summed E-state index contributed by atoms with van der Waals surface area (Å²) in [7, 11) is 0. The molecule has 17 heavy (non-hydrogen) atoms. The predicted molar refractivity (Wildman–Crippen MR) is 66.6 cm³/mol. The van der Waals surface area contributed by atoms with Gasteiger partial charge in [-0.25, -0.2) is 0 Å². The van der Waals surface area contributed by atoms with Gasteiger partial charge in [0.25, 0.3) is 0 Å². The highest BCUT2D eigenvalue weighted by Gasteiger charge is 2.17. The van der Waals surface area contributed by atoms with Gasteiger partial charge in [-0.1, -0.05) is 19.8 Å². The Kier molecular flexibility index (Phi) is 6.62. The van der Waals surface area contributed by atoms with E-state index in [4.69, 9.17) is 0 Å². The molecule has 1 aliphatic rings. The third kappa shape index (κ3) is 5.68. The van der Waals surface area contributed by atoms with E-state index in [1.165, 1.54) is 6.42 Å². The van der Waals surface area contributed by atoms with Crippen molar-refractivity contribution in [1.82, 2.24) is 15.1 Å². The third-order valence-corrected chi connectivity index (χ3v) is 3.03. The molecule has 0 atom stereocenters. The van der Waals surface area contributed by atoms with Crippen LogP contribution in [-0.4, -0.2) is 61.4 Å². The SMILES string of the molecule is CCCCCNC(=O)CN1CCN(C=O)CC1. The molecule has 1 N–H and O–H groups in total. The molecule has 0 bridgehead atoms. The van der Waals surface area contributed by atoms with E-state index in [9.17, 15) is 9.59 Å². The highest BCUT2D eigenvalue weighted by molar-refractivity contribution is 5.78. The van der Waals surface area contributed by atoms with Gasteiger partial charge in [0.2, 0.25) is 12.3 Å². The lowest BCUT2D eigenvalue weighted by Gasteiger charge is -2.31. The molecule has 0 spiro atoms. The number of carbonyl (C=O) groups excluding carboxylic acids is 2. The highest BCUT2D eigenvalue weighted by Crippen LogP contribution is 1.98. The number of rotatable bonds is 7. The van der Waals surface area contributed by atoms with Crippen LogP contribution in [0.15, 0.2) is 0 Å². The molecule has 5 nitrogen and oxygen atoms in total. The Morgan fingerprint density at radius 2 is 1.94 bits per heavy atom. The van der Waals surface area contributed by atoms with E-state index in [0.29, 0.717) is 6.54 Å². The third-order valence-electron chi connectivity index (χ3n) is 3.03. The zero-order valence-corrected chi connectivity index (χ0v) is 10.7. The van der Waals surface area contributed by atoms with Crippen molar-refractivity contribution in [3.8, 4) is 0 Å². The maximum absolute atomic E-state index is 11.6. The molecule has 0 aromatic heterocycles. The van der Waals surface area contributed by atoms with Gasteiger partial charge in [-0.2, -0.15) is 0 Å². The van der Waals surface area contributed by atoms with Gasteiger partial charge in [0.1, 0.15) is 0 Å². The molecule has 0 saturated carbocycles. The van der Waals surface area contributed by atoms with E-state index >= 15 is 0 Å². The Bertz CT molecular complexity index is 238. The second-order valence-corrected chi connectivity index (χ2v) is 4.47. The lowest BCUT2D eigenvalue weighted by Crippen LogP contribution is -2.49. The molecule has 1 aliphatic heterocycles. The molecular weight excluding hydrogens is 218 g/mol.